The van der Waals surface area contributed by atoms with Crippen LogP contribution in [0.15, 0.2) is 30.3 Å². The molecule has 6 heteroatoms. The molecule has 0 aliphatic heterocycles. The highest BCUT2D eigenvalue weighted by Crippen LogP contribution is 2.36. The van der Waals surface area contributed by atoms with Crippen molar-refractivity contribution in [1.82, 2.24) is 0 Å². The number of carbonyl (C=O) groups excluding carboxylic acids is 1. The zero-order chi connectivity index (χ0) is 18.6. The maximum atomic E-state index is 12.5. The number of ether oxygens (including phenoxy) is 3. The highest BCUT2D eigenvalue weighted by atomic mass is 35.5. The number of rotatable bonds is 6. The third kappa shape index (κ3) is 4.57. The van der Waals surface area contributed by atoms with Crippen LogP contribution in [0.5, 0.6) is 17.2 Å². The maximum Gasteiger partial charge on any atom is 0.265 e. The third-order valence-electron chi connectivity index (χ3n) is 3.75. The predicted molar refractivity (Wildman–Crippen MR) is 99.2 cm³/mol. The Morgan fingerprint density at radius 3 is 2.36 bits per heavy atom. The fourth-order valence-corrected chi connectivity index (χ4v) is 2.50. The Morgan fingerprint density at radius 2 is 1.72 bits per heavy atom. The summed E-state index contributed by atoms with van der Waals surface area (Å²) >= 11 is 6.08. The van der Waals surface area contributed by atoms with E-state index in [1.807, 2.05) is 32.0 Å². The van der Waals surface area contributed by atoms with Gasteiger partial charge in [-0.3, -0.25) is 4.79 Å². The number of carbonyl (C=O) groups is 1. The summed E-state index contributed by atoms with van der Waals surface area (Å²) in [5, 5.41) is 3.19. The highest BCUT2D eigenvalue weighted by Gasteiger charge is 2.19. The van der Waals surface area contributed by atoms with Gasteiger partial charge in [0.1, 0.15) is 17.2 Å². The average molecular weight is 364 g/mol. The molecule has 5 nitrogen and oxygen atoms in total. The molecule has 0 saturated heterocycles. The minimum atomic E-state index is -0.688. The van der Waals surface area contributed by atoms with Gasteiger partial charge in [0.05, 0.1) is 24.9 Å². The molecule has 0 fully saturated rings. The molecule has 25 heavy (non-hydrogen) atoms. The van der Waals surface area contributed by atoms with Gasteiger partial charge in [-0.2, -0.15) is 0 Å². The van der Waals surface area contributed by atoms with Crippen molar-refractivity contribution in [2.24, 2.45) is 0 Å². The number of halogens is 1. The minimum Gasteiger partial charge on any atom is -0.495 e. The summed E-state index contributed by atoms with van der Waals surface area (Å²) in [7, 11) is 3.01. The second kappa shape index (κ2) is 8.12. The number of methoxy groups -OCH3 is 2. The Morgan fingerprint density at radius 1 is 1.04 bits per heavy atom. The number of nitrogens with one attached hydrogen (secondary N) is 1. The summed E-state index contributed by atoms with van der Waals surface area (Å²) in [4.78, 5) is 12.5. The second-order valence-electron chi connectivity index (χ2n) is 5.71. The molecule has 1 unspecified atom stereocenters. The standard InChI is InChI=1S/C19H22ClNO4/c1-11-6-7-12(2)16(8-11)25-13(3)19(22)21-15-10-17(23-4)14(20)9-18(15)24-5/h6-10,13H,1-5H3,(H,21,22). The van der Waals surface area contributed by atoms with E-state index >= 15 is 0 Å². The first-order chi connectivity index (χ1) is 11.8. The van der Waals surface area contributed by atoms with Crippen molar-refractivity contribution >= 4 is 23.2 Å². The Balaban J connectivity index is 2.17. The van der Waals surface area contributed by atoms with Crippen molar-refractivity contribution in [2.75, 3.05) is 19.5 Å². The van der Waals surface area contributed by atoms with Crippen molar-refractivity contribution in [3.8, 4) is 17.2 Å². The summed E-state index contributed by atoms with van der Waals surface area (Å²) in [6.07, 6.45) is -0.688. The fourth-order valence-electron chi connectivity index (χ4n) is 2.27. The molecule has 0 saturated carbocycles. The normalized spacial score (nSPS) is 11.6. The number of anilines is 1. The molecule has 0 aliphatic rings. The number of aryl methyl sites for hydroxylation is 2. The molecule has 0 aliphatic carbocycles. The summed E-state index contributed by atoms with van der Waals surface area (Å²) < 4.78 is 16.2. The van der Waals surface area contributed by atoms with Gasteiger partial charge in [0.15, 0.2) is 6.10 Å². The number of hydrogen-bond donors (Lipinski definition) is 1. The smallest absolute Gasteiger partial charge is 0.265 e. The Kier molecular flexibility index (Phi) is 6.15. The predicted octanol–water partition coefficient (Wildman–Crippen LogP) is 4.38. The fraction of sp³-hybridized carbons (Fsp3) is 0.316. The second-order valence-corrected chi connectivity index (χ2v) is 6.11. The average Bonchev–Trinajstić information content (AvgIpc) is 2.59. The number of hydrogen-bond acceptors (Lipinski definition) is 4. The van der Waals surface area contributed by atoms with E-state index in [0.29, 0.717) is 28.0 Å². The van der Waals surface area contributed by atoms with Crippen molar-refractivity contribution < 1.29 is 19.0 Å². The topological polar surface area (TPSA) is 56.8 Å². The molecule has 0 spiro atoms. The molecular formula is C19H22ClNO4. The first-order valence-corrected chi connectivity index (χ1v) is 8.19. The zero-order valence-corrected chi connectivity index (χ0v) is 15.7. The molecule has 1 amide bonds. The van der Waals surface area contributed by atoms with Crippen LogP contribution in [0.2, 0.25) is 5.02 Å². The van der Waals surface area contributed by atoms with E-state index in [1.54, 1.807) is 19.1 Å². The summed E-state index contributed by atoms with van der Waals surface area (Å²) in [5.74, 6) is 1.27. The molecule has 1 atom stereocenters. The van der Waals surface area contributed by atoms with Gasteiger partial charge in [-0.15, -0.1) is 0 Å². The van der Waals surface area contributed by atoms with Crippen LogP contribution >= 0.6 is 11.6 Å². The summed E-state index contributed by atoms with van der Waals surface area (Å²) in [6.45, 7) is 5.60. The van der Waals surface area contributed by atoms with Crippen LogP contribution in [-0.2, 0) is 4.79 Å². The van der Waals surface area contributed by atoms with Gasteiger partial charge in [0.25, 0.3) is 5.91 Å². The monoisotopic (exact) mass is 363 g/mol. The largest absolute Gasteiger partial charge is 0.495 e. The Labute approximate surface area is 152 Å². The third-order valence-corrected chi connectivity index (χ3v) is 4.04. The molecule has 2 rings (SSSR count). The van der Waals surface area contributed by atoms with E-state index in [1.165, 1.54) is 14.2 Å². The molecule has 0 bridgehead atoms. The van der Waals surface area contributed by atoms with E-state index in [9.17, 15) is 4.79 Å². The van der Waals surface area contributed by atoms with E-state index in [-0.39, 0.29) is 5.91 Å². The lowest BCUT2D eigenvalue weighted by atomic mass is 10.1. The van der Waals surface area contributed by atoms with E-state index in [2.05, 4.69) is 5.32 Å². The van der Waals surface area contributed by atoms with E-state index in [4.69, 9.17) is 25.8 Å². The SMILES string of the molecule is COc1cc(NC(=O)C(C)Oc2cc(C)ccc2C)c(OC)cc1Cl. The van der Waals surface area contributed by atoms with Gasteiger partial charge >= 0.3 is 0 Å². The van der Waals surface area contributed by atoms with Crippen LogP contribution < -0.4 is 19.5 Å². The lowest BCUT2D eigenvalue weighted by Crippen LogP contribution is -2.30. The van der Waals surface area contributed by atoms with Gasteiger partial charge in [0.2, 0.25) is 0 Å². The van der Waals surface area contributed by atoms with Gasteiger partial charge in [-0.25, -0.2) is 0 Å². The van der Waals surface area contributed by atoms with E-state index in [0.717, 1.165) is 11.1 Å². The highest BCUT2D eigenvalue weighted by molar-refractivity contribution is 6.32. The Hall–Kier alpha value is -2.40. The molecular weight excluding hydrogens is 342 g/mol. The van der Waals surface area contributed by atoms with Crippen LogP contribution in [0.25, 0.3) is 0 Å². The summed E-state index contributed by atoms with van der Waals surface area (Å²) in [5.41, 5.74) is 2.50. The maximum absolute atomic E-state index is 12.5. The first kappa shape index (κ1) is 18.9. The van der Waals surface area contributed by atoms with Crippen molar-refractivity contribution in [1.29, 1.82) is 0 Å². The van der Waals surface area contributed by atoms with Crippen molar-refractivity contribution in [3.05, 3.63) is 46.5 Å². The zero-order valence-electron chi connectivity index (χ0n) is 15.0. The number of benzene rings is 2. The van der Waals surface area contributed by atoms with Gasteiger partial charge in [-0.1, -0.05) is 23.7 Å². The first-order valence-electron chi connectivity index (χ1n) is 7.82. The lowest BCUT2D eigenvalue weighted by molar-refractivity contribution is -0.122. The quantitative estimate of drug-likeness (QED) is 0.827. The van der Waals surface area contributed by atoms with Crippen LogP contribution in [0.4, 0.5) is 5.69 Å². The lowest BCUT2D eigenvalue weighted by Gasteiger charge is -2.18. The molecule has 0 radical (unpaired) electrons. The van der Waals surface area contributed by atoms with Crippen LogP contribution in [0.3, 0.4) is 0 Å². The van der Waals surface area contributed by atoms with Crippen LogP contribution in [0, 0.1) is 13.8 Å². The van der Waals surface area contributed by atoms with Crippen molar-refractivity contribution in [3.63, 3.8) is 0 Å². The van der Waals surface area contributed by atoms with Crippen LogP contribution in [-0.4, -0.2) is 26.2 Å². The van der Waals surface area contributed by atoms with Crippen molar-refractivity contribution in [2.45, 2.75) is 26.9 Å². The molecule has 2 aromatic rings. The summed E-state index contributed by atoms with van der Waals surface area (Å²) in [6, 6.07) is 9.07. The van der Waals surface area contributed by atoms with Gasteiger partial charge < -0.3 is 19.5 Å². The number of amides is 1. The molecule has 0 heterocycles. The molecule has 2 aromatic carbocycles. The molecule has 0 aromatic heterocycles. The van der Waals surface area contributed by atoms with Gasteiger partial charge in [0, 0.05) is 12.1 Å². The van der Waals surface area contributed by atoms with E-state index < -0.39 is 6.10 Å². The van der Waals surface area contributed by atoms with Crippen LogP contribution in [0.1, 0.15) is 18.1 Å². The minimum absolute atomic E-state index is 0.302. The Bertz CT molecular complexity index is 776. The molecule has 134 valence electrons. The molecule has 1 N–H and O–H groups in total. The van der Waals surface area contributed by atoms with Gasteiger partial charge in [-0.05, 0) is 38.0 Å².